The van der Waals surface area contributed by atoms with Crippen LogP contribution in [0.25, 0.3) is 0 Å². The summed E-state index contributed by atoms with van der Waals surface area (Å²) in [6, 6.07) is 10.7. The van der Waals surface area contributed by atoms with E-state index in [1.54, 1.807) is 24.3 Å². The summed E-state index contributed by atoms with van der Waals surface area (Å²) >= 11 is 0. The molecule has 0 bridgehead atoms. The zero-order chi connectivity index (χ0) is 18.4. The first kappa shape index (κ1) is 17.4. The summed E-state index contributed by atoms with van der Waals surface area (Å²) in [5.41, 5.74) is 1.25. The third kappa shape index (κ3) is 4.14. The Labute approximate surface area is 151 Å². The van der Waals surface area contributed by atoms with Gasteiger partial charge >= 0.3 is 0 Å². The maximum atomic E-state index is 12.3. The number of carbonyl (C=O) groups excluding carboxylic acids is 1. The van der Waals surface area contributed by atoms with Gasteiger partial charge in [-0.2, -0.15) is 10.5 Å². The first-order chi connectivity index (χ1) is 12.7. The number of carbonyl (C=O) groups is 1. The van der Waals surface area contributed by atoms with Gasteiger partial charge in [0.05, 0.1) is 11.6 Å². The van der Waals surface area contributed by atoms with E-state index in [1.165, 1.54) is 12.4 Å². The third-order valence-corrected chi connectivity index (χ3v) is 4.33. The fourth-order valence-corrected chi connectivity index (χ4v) is 2.94. The Balaban J connectivity index is 1.51. The highest BCUT2D eigenvalue weighted by Crippen LogP contribution is 2.24. The first-order valence-electron chi connectivity index (χ1n) is 8.38. The molecule has 130 valence electrons. The van der Waals surface area contributed by atoms with Crippen LogP contribution >= 0.6 is 0 Å². The Kier molecular flexibility index (Phi) is 5.40. The number of nitriles is 2. The van der Waals surface area contributed by atoms with Crippen LogP contribution in [0.15, 0.2) is 36.7 Å². The van der Waals surface area contributed by atoms with Gasteiger partial charge in [-0.3, -0.25) is 4.79 Å². The molecule has 1 aromatic heterocycles. The second-order valence-corrected chi connectivity index (χ2v) is 6.08. The largest absolute Gasteiger partial charge is 0.472 e. The lowest BCUT2D eigenvalue weighted by Gasteiger charge is -2.29. The van der Waals surface area contributed by atoms with Crippen molar-refractivity contribution in [3.8, 4) is 18.0 Å². The molecule has 2 aromatic rings. The molecule has 1 aliphatic rings. The van der Waals surface area contributed by atoms with Crippen LogP contribution in [0.5, 0.6) is 5.88 Å². The number of nitrogens with one attached hydrogen (secondary N) is 1. The van der Waals surface area contributed by atoms with Crippen molar-refractivity contribution in [3.05, 3.63) is 53.5 Å². The lowest BCUT2D eigenvalue weighted by Crippen LogP contribution is -2.39. The molecule has 7 nitrogen and oxygen atoms in total. The lowest BCUT2D eigenvalue weighted by atomic mass is 9.92. The Hall–Kier alpha value is -3.45. The van der Waals surface area contributed by atoms with Crippen LogP contribution in [0.3, 0.4) is 0 Å². The molecule has 0 saturated heterocycles. The van der Waals surface area contributed by atoms with Crippen molar-refractivity contribution in [2.75, 3.05) is 0 Å². The molecule has 1 fully saturated rings. The molecule has 1 aliphatic carbocycles. The van der Waals surface area contributed by atoms with Crippen molar-refractivity contribution < 1.29 is 9.53 Å². The summed E-state index contributed by atoms with van der Waals surface area (Å²) in [6.45, 7) is 0. The van der Waals surface area contributed by atoms with Crippen molar-refractivity contribution in [1.29, 1.82) is 10.5 Å². The topological polar surface area (TPSA) is 112 Å². The van der Waals surface area contributed by atoms with Gasteiger partial charge in [-0.25, -0.2) is 9.97 Å². The van der Waals surface area contributed by atoms with E-state index >= 15 is 0 Å². The first-order valence-corrected chi connectivity index (χ1v) is 8.38. The average molecular weight is 347 g/mol. The highest BCUT2D eigenvalue weighted by molar-refractivity contribution is 5.94. The molecule has 1 N–H and O–H groups in total. The average Bonchev–Trinajstić information content (AvgIpc) is 2.70. The maximum absolute atomic E-state index is 12.3. The Morgan fingerprint density at radius 1 is 1.04 bits per heavy atom. The summed E-state index contributed by atoms with van der Waals surface area (Å²) in [7, 11) is 0. The number of ether oxygens (including phenoxy) is 1. The predicted molar refractivity (Wildman–Crippen MR) is 92.0 cm³/mol. The van der Waals surface area contributed by atoms with Crippen LogP contribution in [0.1, 0.15) is 47.3 Å². The monoisotopic (exact) mass is 347 g/mol. The van der Waals surface area contributed by atoms with E-state index in [9.17, 15) is 4.79 Å². The van der Waals surface area contributed by atoms with Crippen LogP contribution in [0.4, 0.5) is 0 Å². The molecule has 0 spiro atoms. The summed E-state index contributed by atoms with van der Waals surface area (Å²) in [5.74, 6) is 0.125. The predicted octanol–water partition coefficient (Wildman–Crippen LogP) is 2.34. The summed E-state index contributed by atoms with van der Waals surface area (Å²) in [6.07, 6.45) is 6.02. The molecular formula is C19H17N5O2. The van der Waals surface area contributed by atoms with Crippen molar-refractivity contribution >= 4 is 5.91 Å². The number of nitrogens with zero attached hydrogens (tertiary/aromatic N) is 4. The number of aromatic nitrogens is 2. The maximum Gasteiger partial charge on any atom is 0.251 e. The van der Waals surface area contributed by atoms with Crippen molar-refractivity contribution in [3.63, 3.8) is 0 Å². The van der Waals surface area contributed by atoms with E-state index < -0.39 is 0 Å². The highest BCUT2D eigenvalue weighted by atomic mass is 16.5. The van der Waals surface area contributed by atoms with Gasteiger partial charge in [0, 0.05) is 24.0 Å². The zero-order valence-electron chi connectivity index (χ0n) is 14.1. The summed E-state index contributed by atoms with van der Waals surface area (Å²) in [4.78, 5) is 20.3. The van der Waals surface area contributed by atoms with Crippen LogP contribution in [0.2, 0.25) is 0 Å². The van der Waals surface area contributed by atoms with E-state index in [4.69, 9.17) is 15.3 Å². The molecule has 0 unspecified atom stereocenters. The van der Waals surface area contributed by atoms with Crippen molar-refractivity contribution in [1.82, 2.24) is 15.3 Å². The number of hydrogen-bond acceptors (Lipinski definition) is 6. The van der Waals surface area contributed by atoms with Gasteiger partial charge in [-0.05, 0) is 49.9 Å². The quantitative estimate of drug-likeness (QED) is 0.908. The number of hydrogen-bond donors (Lipinski definition) is 1. The van der Waals surface area contributed by atoms with E-state index in [0.717, 1.165) is 25.7 Å². The Bertz CT molecular complexity index is 859. The normalized spacial score (nSPS) is 19.0. The van der Waals surface area contributed by atoms with E-state index in [0.29, 0.717) is 11.1 Å². The van der Waals surface area contributed by atoms with Gasteiger partial charge < -0.3 is 10.1 Å². The standard InChI is InChI=1S/C19H17N5O2/c20-11-13-1-3-14(4-2-13)18(25)24-15-5-7-16(8-6-15)26-19-17(12-21)22-9-10-23-19/h1-4,9-10,15-16H,5-8H2,(H,24,25). The molecule has 1 aromatic carbocycles. The van der Waals surface area contributed by atoms with Crippen LogP contribution in [0, 0.1) is 22.7 Å². The fourth-order valence-electron chi connectivity index (χ4n) is 2.94. The SMILES string of the molecule is N#Cc1ccc(C(=O)NC2CCC(Oc3nccnc3C#N)CC2)cc1. The molecule has 1 heterocycles. The van der Waals surface area contributed by atoms with Gasteiger partial charge in [-0.15, -0.1) is 0 Å². The minimum absolute atomic E-state index is 0.0399. The fraction of sp³-hybridized carbons (Fsp3) is 0.316. The molecule has 0 atom stereocenters. The van der Waals surface area contributed by atoms with E-state index in [2.05, 4.69) is 15.3 Å². The van der Waals surface area contributed by atoms with Crippen LogP contribution in [-0.2, 0) is 0 Å². The zero-order valence-corrected chi connectivity index (χ0v) is 14.1. The number of rotatable bonds is 4. The van der Waals surface area contributed by atoms with E-state index in [-0.39, 0.29) is 29.6 Å². The molecular weight excluding hydrogens is 330 g/mol. The van der Waals surface area contributed by atoms with Crippen LogP contribution < -0.4 is 10.1 Å². The summed E-state index contributed by atoms with van der Waals surface area (Å²) in [5, 5.41) is 20.9. The number of benzene rings is 1. The molecule has 3 rings (SSSR count). The van der Waals surface area contributed by atoms with Crippen LogP contribution in [-0.4, -0.2) is 28.0 Å². The molecule has 0 radical (unpaired) electrons. The minimum Gasteiger partial charge on any atom is -0.472 e. The minimum atomic E-state index is -0.139. The second-order valence-electron chi connectivity index (χ2n) is 6.08. The van der Waals surface area contributed by atoms with Gasteiger partial charge in [0.2, 0.25) is 5.69 Å². The highest BCUT2D eigenvalue weighted by Gasteiger charge is 2.25. The molecule has 0 aliphatic heterocycles. The lowest BCUT2D eigenvalue weighted by molar-refractivity contribution is 0.0889. The van der Waals surface area contributed by atoms with Crippen molar-refractivity contribution in [2.24, 2.45) is 0 Å². The molecule has 26 heavy (non-hydrogen) atoms. The van der Waals surface area contributed by atoms with Gasteiger partial charge in [-0.1, -0.05) is 0 Å². The summed E-state index contributed by atoms with van der Waals surface area (Å²) < 4.78 is 5.80. The molecule has 7 heteroatoms. The number of amides is 1. The molecule has 1 saturated carbocycles. The third-order valence-electron chi connectivity index (χ3n) is 4.33. The smallest absolute Gasteiger partial charge is 0.251 e. The van der Waals surface area contributed by atoms with Crippen molar-refractivity contribution in [2.45, 2.75) is 37.8 Å². The van der Waals surface area contributed by atoms with E-state index in [1.807, 2.05) is 12.1 Å². The van der Waals surface area contributed by atoms with Gasteiger partial charge in [0.1, 0.15) is 12.2 Å². The van der Waals surface area contributed by atoms with Gasteiger partial charge in [0.15, 0.2) is 0 Å². The Morgan fingerprint density at radius 2 is 1.73 bits per heavy atom. The Morgan fingerprint density at radius 3 is 2.38 bits per heavy atom. The molecule has 1 amide bonds. The second kappa shape index (κ2) is 8.09. The van der Waals surface area contributed by atoms with Gasteiger partial charge in [0.25, 0.3) is 11.8 Å².